The number of benzene rings is 1. The Labute approximate surface area is 82.1 Å². The average molecular weight is 188 g/mol. The molecule has 2 heteroatoms. The monoisotopic (exact) mass is 188 g/mol. The largest absolute Gasteiger partial charge is 0.234 e. The van der Waals surface area contributed by atoms with Crippen molar-refractivity contribution < 1.29 is 0 Å². The summed E-state index contributed by atoms with van der Waals surface area (Å²) in [7, 11) is 0. The van der Waals surface area contributed by atoms with Crippen molar-refractivity contribution in [3.63, 3.8) is 0 Å². The normalized spacial score (nSPS) is 10.3. The van der Waals surface area contributed by atoms with Crippen LogP contribution in [-0.4, -0.2) is 4.98 Å². The van der Waals surface area contributed by atoms with Gasteiger partial charge in [0.2, 0.25) is 0 Å². The summed E-state index contributed by atoms with van der Waals surface area (Å²) in [6, 6.07) is 6.41. The van der Waals surface area contributed by atoms with E-state index in [0.717, 1.165) is 5.01 Å². The quantitative estimate of drug-likeness (QED) is 0.669. The molecule has 1 heterocycles. The van der Waals surface area contributed by atoms with Gasteiger partial charge in [-0.1, -0.05) is 12.1 Å². The molecule has 1 nitrogen and oxygen atoms in total. The van der Waals surface area contributed by atoms with Gasteiger partial charge in [-0.3, -0.25) is 0 Å². The Morgan fingerprint density at radius 3 is 2.69 bits per heavy atom. The second kappa shape index (κ2) is 3.30. The number of hydrogen-bond donors (Lipinski definition) is 0. The zero-order chi connectivity index (χ0) is 9.26. The van der Waals surface area contributed by atoms with Crippen molar-refractivity contribution in [2.45, 2.75) is 13.8 Å². The lowest BCUT2D eigenvalue weighted by molar-refractivity contribution is 1.33. The van der Waals surface area contributed by atoms with Gasteiger partial charge >= 0.3 is 0 Å². The number of rotatable bonds is 1. The molecule has 65 valence electrons. The highest BCUT2D eigenvalue weighted by molar-refractivity contribution is 7.13. The third-order valence-electron chi connectivity index (χ3n) is 2.14. The summed E-state index contributed by atoms with van der Waals surface area (Å²) in [6.07, 6.45) is 2.83. The first kappa shape index (κ1) is 8.45. The molecule has 2 rings (SSSR count). The minimum Gasteiger partial charge on any atom is -0.234 e. The van der Waals surface area contributed by atoms with E-state index in [1.165, 1.54) is 16.7 Å². The molecular formula is C11H10NS. The topological polar surface area (TPSA) is 12.9 Å². The molecular weight excluding hydrogens is 178 g/mol. The van der Waals surface area contributed by atoms with Crippen LogP contribution in [0.4, 0.5) is 0 Å². The highest BCUT2D eigenvalue weighted by Crippen LogP contribution is 2.23. The third kappa shape index (κ3) is 1.63. The van der Waals surface area contributed by atoms with E-state index in [1.54, 1.807) is 11.3 Å². The minimum atomic E-state index is 1.04. The highest BCUT2D eigenvalue weighted by atomic mass is 32.1. The maximum absolute atomic E-state index is 4.15. The van der Waals surface area contributed by atoms with Crippen LogP contribution in [-0.2, 0) is 0 Å². The van der Waals surface area contributed by atoms with Crippen LogP contribution in [0.1, 0.15) is 11.1 Å². The smallest absolute Gasteiger partial charge is 0.124 e. The van der Waals surface area contributed by atoms with Gasteiger partial charge in [-0.05, 0) is 31.0 Å². The van der Waals surface area contributed by atoms with E-state index in [2.05, 4.69) is 43.2 Å². The second-order valence-corrected chi connectivity index (χ2v) is 3.94. The zero-order valence-corrected chi connectivity index (χ0v) is 8.48. The summed E-state index contributed by atoms with van der Waals surface area (Å²) >= 11 is 1.62. The van der Waals surface area contributed by atoms with Gasteiger partial charge in [0.15, 0.2) is 0 Å². The van der Waals surface area contributed by atoms with Crippen molar-refractivity contribution in [2.75, 3.05) is 0 Å². The van der Waals surface area contributed by atoms with Crippen molar-refractivity contribution in [1.82, 2.24) is 4.98 Å². The third-order valence-corrected chi connectivity index (χ3v) is 2.92. The predicted octanol–water partition coefficient (Wildman–Crippen LogP) is 3.23. The number of nitrogens with zero attached hydrogens (tertiary/aromatic N) is 1. The molecule has 0 atom stereocenters. The first-order chi connectivity index (χ1) is 6.27. The highest BCUT2D eigenvalue weighted by Gasteiger charge is 2.01. The Hall–Kier alpha value is -1.15. The number of aromatic nitrogens is 1. The molecule has 13 heavy (non-hydrogen) atoms. The fourth-order valence-electron chi connectivity index (χ4n) is 1.20. The molecule has 2 aromatic rings. The fraction of sp³-hybridized carbons (Fsp3) is 0.182. The summed E-state index contributed by atoms with van der Waals surface area (Å²) in [5.41, 5.74) is 3.83. The molecule has 0 saturated carbocycles. The van der Waals surface area contributed by atoms with E-state index in [4.69, 9.17) is 0 Å². The molecule has 0 fully saturated rings. The summed E-state index contributed by atoms with van der Waals surface area (Å²) in [4.78, 5) is 4.15. The van der Waals surface area contributed by atoms with E-state index in [-0.39, 0.29) is 0 Å². The van der Waals surface area contributed by atoms with E-state index in [9.17, 15) is 0 Å². The molecule has 1 radical (unpaired) electrons. The van der Waals surface area contributed by atoms with Crippen LogP contribution in [0, 0.1) is 20.0 Å². The Bertz CT molecular complexity index is 404. The molecule has 0 bridgehead atoms. The lowest BCUT2D eigenvalue weighted by atomic mass is 10.1. The molecule has 0 saturated heterocycles. The van der Waals surface area contributed by atoms with Crippen LogP contribution in [0.3, 0.4) is 0 Å². The molecule has 0 amide bonds. The van der Waals surface area contributed by atoms with Crippen molar-refractivity contribution in [3.8, 4) is 10.6 Å². The van der Waals surface area contributed by atoms with Crippen molar-refractivity contribution >= 4 is 11.3 Å². The van der Waals surface area contributed by atoms with Crippen LogP contribution in [0.15, 0.2) is 23.6 Å². The van der Waals surface area contributed by atoms with Crippen LogP contribution in [0.2, 0.25) is 0 Å². The zero-order valence-electron chi connectivity index (χ0n) is 7.66. The Morgan fingerprint density at radius 1 is 1.23 bits per heavy atom. The van der Waals surface area contributed by atoms with Gasteiger partial charge in [-0.2, -0.15) is 0 Å². The molecule has 1 aromatic carbocycles. The number of hydrogen-bond acceptors (Lipinski definition) is 2. The van der Waals surface area contributed by atoms with Crippen LogP contribution in [0.25, 0.3) is 10.6 Å². The first-order valence-corrected chi connectivity index (χ1v) is 5.04. The SMILES string of the molecule is Cc1ccc(-c2n[c]cs2)cc1C. The summed E-state index contributed by atoms with van der Waals surface area (Å²) in [5.74, 6) is 0. The van der Waals surface area contributed by atoms with E-state index >= 15 is 0 Å². The number of aryl methyl sites for hydroxylation is 2. The Kier molecular flexibility index (Phi) is 2.15. The van der Waals surface area contributed by atoms with Gasteiger partial charge in [0.05, 0.1) is 0 Å². The minimum absolute atomic E-state index is 1.04. The lowest BCUT2D eigenvalue weighted by Crippen LogP contribution is -1.82. The van der Waals surface area contributed by atoms with E-state index < -0.39 is 0 Å². The Morgan fingerprint density at radius 2 is 2.08 bits per heavy atom. The summed E-state index contributed by atoms with van der Waals surface area (Å²) in [6.45, 7) is 4.24. The molecule has 0 N–H and O–H groups in total. The fourth-order valence-corrected chi connectivity index (χ4v) is 1.79. The van der Waals surface area contributed by atoms with Gasteiger partial charge in [0.25, 0.3) is 0 Å². The molecule has 0 aliphatic carbocycles. The standard InChI is InChI=1S/C11H10NS/c1-8-3-4-10(7-9(8)2)11-12-5-6-13-11/h3-4,6-7H,1-2H3. The molecule has 0 aliphatic heterocycles. The molecule has 0 spiro atoms. The first-order valence-electron chi connectivity index (χ1n) is 4.16. The number of thiazole rings is 1. The maximum Gasteiger partial charge on any atom is 0.124 e. The van der Waals surface area contributed by atoms with Crippen molar-refractivity contribution in [3.05, 3.63) is 40.9 Å². The van der Waals surface area contributed by atoms with E-state index in [1.807, 2.05) is 5.38 Å². The predicted molar refractivity (Wildman–Crippen MR) is 55.9 cm³/mol. The van der Waals surface area contributed by atoms with E-state index in [0.29, 0.717) is 0 Å². The summed E-state index contributed by atoms with van der Waals surface area (Å²) < 4.78 is 0. The van der Waals surface area contributed by atoms with Gasteiger partial charge < -0.3 is 0 Å². The molecule has 0 unspecified atom stereocenters. The van der Waals surface area contributed by atoms with Gasteiger partial charge in [-0.15, -0.1) is 11.3 Å². The van der Waals surface area contributed by atoms with Crippen molar-refractivity contribution in [1.29, 1.82) is 0 Å². The van der Waals surface area contributed by atoms with Gasteiger partial charge in [0.1, 0.15) is 11.2 Å². The molecule has 1 aromatic heterocycles. The Balaban J connectivity index is 2.49. The van der Waals surface area contributed by atoms with Gasteiger partial charge in [-0.25, -0.2) is 4.98 Å². The van der Waals surface area contributed by atoms with Crippen LogP contribution >= 0.6 is 11.3 Å². The van der Waals surface area contributed by atoms with Crippen molar-refractivity contribution in [2.24, 2.45) is 0 Å². The average Bonchev–Trinajstić information content (AvgIpc) is 2.62. The molecule has 0 aliphatic rings. The van der Waals surface area contributed by atoms with Crippen LogP contribution in [0.5, 0.6) is 0 Å². The lowest BCUT2D eigenvalue weighted by Gasteiger charge is -2.01. The maximum atomic E-state index is 4.15. The van der Waals surface area contributed by atoms with Crippen LogP contribution < -0.4 is 0 Å². The van der Waals surface area contributed by atoms with Gasteiger partial charge in [0, 0.05) is 10.9 Å². The second-order valence-electron chi connectivity index (χ2n) is 3.08. The summed E-state index contributed by atoms with van der Waals surface area (Å²) in [5, 5.41) is 2.92.